The molecule has 2 N–H and O–H groups in total. The lowest BCUT2D eigenvalue weighted by molar-refractivity contribution is 0.163. The maximum absolute atomic E-state index is 9.60. The van der Waals surface area contributed by atoms with Gasteiger partial charge >= 0.3 is 6.09 Å². The number of primary amides is 1. The molecule has 0 saturated carbocycles. The summed E-state index contributed by atoms with van der Waals surface area (Å²) in [5.74, 6) is 0. The van der Waals surface area contributed by atoms with Gasteiger partial charge in [0.2, 0.25) is 0 Å². The second kappa shape index (κ2) is 15.7. The molecule has 0 aromatic rings. The summed E-state index contributed by atoms with van der Waals surface area (Å²) in [6, 6.07) is 0. The predicted octanol–water partition coefficient (Wildman–Crippen LogP) is 0.559. The largest absolute Gasteiger partial charge is 0.450 e. The van der Waals surface area contributed by atoms with Crippen LogP contribution in [0, 0.1) is 0 Å². The smallest absolute Gasteiger partial charge is 0.404 e. The Morgan fingerprint density at radius 2 is 1.78 bits per heavy atom. The van der Waals surface area contributed by atoms with Crippen LogP contribution < -0.4 is 5.73 Å². The van der Waals surface area contributed by atoms with Crippen LogP contribution in [0.25, 0.3) is 0 Å². The van der Waals surface area contributed by atoms with Gasteiger partial charge in [-0.15, -0.1) is 0 Å². The summed E-state index contributed by atoms with van der Waals surface area (Å²) >= 11 is 0. The standard InChI is InChI=1S/C3H7NO2.3FH/c1-2-6-3(4)5;;;/h2H2,1H3,(H2,4,5);3*1H. The second-order valence-corrected chi connectivity index (χ2v) is 0.752. The third kappa shape index (κ3) is 42.6. The van der Waals surface area contributed by atoms with Gasteiger partial charge in [-0.2, -0.15) is 0 Å². The molecule has 9 heavy (non-hydrogen) atoms. The lowest BCUT2D eigenvalue weighted by Crippen LogP contribution is -2.11. The number of carbonyl (C=O) groups is 1. The monoisotopic (exact) mass is 149 g/mol. The van der Waals surface area contributed by atoms with Crippen molar-refractivity contribution in [1.82, 2.24) is 0 Å². The van der Waals surface area contributed by atoms with Crippen LogP contribution in [0.1, 0.15) is 6.92 Å². The minimum Gasteiger partial charge on any atom is -0.450 e. The first kappa shape index (κ1) is 24.4. The quantitative estimate of drug-likeness (QED) is 0.592. The Bertz CT molecular complexity index is 61.0. The van der Waals surface area contributed by atoms with Crippen LogP contribution in [0.4, 0.5) is 18.9 Å². The van der Waals surface area contributed by atoms with Crippen molar-refractivity contribution in [2.45, 2.75) is 6.92 Å². The molecule has 0 rings (SSSR count). The average Bonchev–Trinajstić information content (AvgIpc) is 1.35. The van der Waals surface area contributed by atoms with Crippen molar-refractivity contribution in [1.29, 1.82) is 0 Å². The van der Waals surface area contributed by atoms with Crippen molar-refractivity contribution in [2.75, 3.05) is 6.61 Å². The highest BCUT2D eigenvalue weighted by molar-refractivity contribution is 5.64. The van der Waals surface area contributed by atoms with Crippen molar-refractivity contribution in [2.24, 2.45) is 5.73 Å². The Kier molecular flexibility index (Phi) is 42.6. The van der Waals surface area contributed by atoms with E-state index in [9.17, 15) is 4.79 Å². The van der Waals surface area contributed by atoms with Crippen LogP contribution in [0.2, 0.25) is 0 Å². The Hall–Kier alpha value is -0.940. The Morgan fingerprint density at radius 3 is 1.78 bits per heavy atom. The first-order valence-electron chi connectivity index (χ1n) is 1.69. The lowest BCUT2D eigenvalue weighted by Gasteiger charge is -1.89. The van der Waals surface area contributed by atoms with E-state index in [1.165, 1.54) is 0 Å². The summed E-state index contributed by atoms with van der Waals surface area (Å²) in [5, 5.41) is 0. The molecule has 1 amide bonds. The normalized spacial score (nSPS) is 5.00. The fourth-order valence-corrected chi connectivity index (χ4v) is 0.142. The molecule has 0 aromatic heterocycles. The molecule has 0 atom stereocenters. The molecule has 0 saturated heterocycles. The number of hydrogen-bond donors (Lipinski definition) is 1. The van der Waals surface area contributed by atoms with E-state index in [2.05, 4.69) is 10.5 Å². The van der Waals surface area contributed by atoms with E-state index >= 15 is 0 Å². The highest BCUT2D eigenvalue weighted by Gasteiger charge is 1.82. The average molecular weight is 149 g/mol. The van der Waals surface area contributed by atoms with E-state index in [0.717, 1.165) is 0 Å². The predicted molar refractivity (Wildman–Crippen MR) is 28.7 cm³/mol. The minimum absolute atomic E-state index is 0. The van der Waals surface area contributed by atoms with Crippen LogP contribution in [-0.4, -0.2) is 12.7 Å². The number of rotatable bonds is 1. The summed E-state index contributed by atoms with van der Waals surface area (Å²) in [5.41, 5.74) is 4.54. The van der Waals surface area contributed by atoms with E-state index in [1.807, 2.05) is 0 Å². The first-order valence-corrected chi connectivity index (χ1v) is 1.69. The van der Waals surface area contributed by atoms with Gasteiger partial charge in [-0.05, 0) is 6.92 Å². The van der Waals surface area contributed by atoms with Gasteiger partial charge in [0, 0.05) is 0 Å². The number of carbonyl (C=O) groups excluding carboxylic acids is 1. The summed E-state index contributed by atoms with van der Waals surface area (Å²) in [4.78, 5) is 9.60. The molecule has 0 unspecified atom stereocenters. The molecule has 0 aliphatic rings. The molecule has 0 heterocycles. The van der Waals surface area contributed by atoms with Crippen LogP contribution >= 0.6 is 0 Å². The van der Waals surface area contributed by atoms with Gasteiger partial charge in [-0.1, -0.05) is 0 Å². The van der Waals surface area contributed by atoms with Gasteiger partial charge in [0.05, 0.1) is 6.61 Å². The van der Waals surface area contributed by atoms with E-state index < -0.39 is 6.09 Å². The first-order chi connectivity index (χ1) is 2.77. The third-order valence-electron chi connectivity index (χ3n) is 0.287. The minimum atomic E-state index is -0.711. The number of amides is 1. The number of ether oxygens (including phenoxy) is 1. The fourth-order valence-electron chi connectivity index (χ4n) is 0.142. The summed E-state index contributed by atoms with van der Waals surface area (Å²) < 4.78 is 4.18. The maximum Gasteiger partial charge on any atom is 0.404 e. The highest BCUT2D eigenvalue weighted by Crippen LogP contribution is 1.66. The van der Waals surface area contributed by atoms with Crippen LogP contribution in [-0.2, 0) is 4.74 Å². The van der Waals surface area contributed by atoms with Gasteiger partial charge in [0.25, 0.3) is 0 Å². The molecular formula is C3H10F3NO2. The van der Waals surface area contributed by atoms with Gasteiger partial charge in [0.15, 0.2) is 0 Å². The number of halogens is 3. The SMILES string of the molecule is CCOC(N)=O.F.F.F. The Morgan fingerprint density at radius 1 is 1.44 bits per heavy atom. The van der Waals surface area contributed by atoms with Crippen LogP contribution in [0.5, 0.6) is 0 Å². The molecular weight excluding hydrogens is 139 g/mol. The Labute approximate surface area is 50.3 Å². The molecule has 3 nitrogen and oxygen atoms in total. The topological polar surface area (TPSA) is 52.3 Å². The molecule has 60 valence electrons. The molecule has 0 bridgehead atoms. The molecule has 0 aliphatic carbocycles. The van der Waals surface area contributed by atoms with Crippen molar-refractivity contribution in [3.63, 3.8) is 0 Å². The third-order valence-corrected chi connectivity index (χ3v) is 0.287. The second-order valence-electron chi connectivity index (χ2n) is 0.752. The van der Waals surface area contributed by atoms with Gasteiger partial charge in [0.1, 0.15) is 0 Å². The molecule has 0 spiro atoms. The zero-order chi connectivity index (χ0) is 4.99. The molecule has 6 heteroatoms. The van der Waals surface area contributed by atoms with Crippen LogP contribution in [0.15, 0.2) is 0 Å². The molecule has 0 aliphatic heterocycles. The summed E-state index contributed by atoms with van der Waals surface area (Å²) in [7, 11) is 0. The van der Waals surface area contributed by atoms with Crippen molar-refractivity contribution in [3.8, 4) is 0 Å². The zero-order valence-corrected chi connectivity index (χ0v) is 4.83. The molecule has 0 radical (unpaired) electrons. The highest BCUT2D eigenvalue weighted by atomic mass is 19.0. The van der Waals surface area contributed by atoms with E-state index in [1.54, 1.807) is 6.92 Å². The Balaban J connectivity index is -0.0000000417. The number of hydrogen-bond acceptors (Lipinski definition) is 2. The number of nitrogens with two attached hydrogens (primary N) is 1. The molecule has 0 aromatic carbocycles. The zero-order valence-electron chi connectivity index (χ0n) is 4.83. The van der Waals surface area contributed by atoms with Gasteiger partial charge < -0.3 is 10.5 Å². The molecule has 0 fully saturated rings. The van der Waals surface area contributed by atoms with Crippen LogP contribution in [0.3, 0.4) is 0 Å². The van der Waals surface area contributed by atoms with Crippen molar-refractivity contribution < 1.29 is 23.6 Å². The van der Waals surface area contributed by atoms with Crippen molar-refractivity contribution >= 4 is 6.09 Å². The van der Waals surface area contributed by atoms with Gasteiger partial charge in [-0.25, -0.2) is 4.79 Å². The van der Waals surface area contributed by atoms with E-state index in [0.29, 0.717) is 6.61 Å². The van der Waals surface area contributed by atoms with Crippen molar-refractivity contribution in [3.05, 3.63) is 0 Å². The maximum atomic E-state index is 9.60. The van der Waals surface area contributed by atoms with Gasteiger partial charge in [-0.3, -0.25) is 14.1 Å². The summed E-state index contributed by atoms with van der Waals surface area (Å²) in [6.45, 7) is 2.06. The summed E-state index contributed by atoms with van der Waals surface area (Å²) in [6.07, 6.45) is -0.711. The van der Waals surface area contributed by atoms with E-state index in [-0.39, 0.29) is 14.1 Å². The fraction of sp³-hybridized carbons (Fsp3) is 0.667. The van der Waals surface area contributed by atoms with E-state index in [4.69, 9.17) is 0 Å². The lowest BCUT2D eigenvalue weighted by atomic mass is 10.9.